The second-order valence-electron chi connectivity index (χ2n) is 8.47. The standard InChI is InChI=1S/C25H23N7/c26-13-17-1-3-18(4-2-17)19-12-24-25-30-28-16-32(25)23-6-5-22(11-20(23)15-31(24)14-19)29-21-7-9-27-10-8-21/h1-6,11-12,14,16,21,27,29H,7-10,15H2. The fourth-order valence-corrected chi connectivity index (χ4v) is 4.73. The molecule has 0 spiro atoms. The van der Waals surface area contributed by atoms with E-state index in [4.69, 9.17) is 5.26 Å². The second-order valence-corrected chi connectivity index (χ2v) is 8.47. The average Bonchev–Trinajstić information content (AvgIpc) is 3.45. The fourth-order valence-electron chi connectivity index (χ4n) is 4.73. The molecule has 0 bridgehead atoms. The number of benzene rings is 2. The molecular formula is C25H23N7. The van der Waals surface area contributed by atoms with Crippen LogP contribution in [0, 0.1) is 11.3 Å². The predicted molar refractivity (Wildman–Crippen MR) is 124 cm³/mol. The van der Waals surface area contributed by atoms with Crippen LogP contribution in [0.25, 0.3) is 28.3 Å². The number of rotatable bonds is 3. The molecule has 7 nitrogen and oxygen atoms in total. The third-order valence-corrected chi connectivity index (χ3v) is 6.41. The van der Waals surface area contributed by atoms with E-state index in [1.54, 1.807) is 6.33 Å². The maximum absolute atomic E-state index is 9.09. The Labute approximate surface area is 186 Å². The van der Waals surface area contributed by atoms with Crippen molar-refractivity contribution in [2.24, 2.45) is 0 Å². The summed E-state index contributed by atoms with van der Waals surface area (Å²) in [6, 6.07) is 19.1. The molecule has 2 aliphatic rings. The van der Waals surface area contributed by atoms with Crippen LogP contribution in [-0.4, -0.2) is 38.5 Å². The Morgan fingerprint density at radius 2 is 1.88 bits per heavy atom. The quantitative estimate of drug-likeness (QED) is 0.463. The summed E-state index contributed by atoms with van der Waals surface area (Å²) in [6.07, 6.45) is 6.24. The molecule has 0 saturated carbocycles. The minimum Gasteiger partial charge on any atom is -0.382 e. The van der Waals surface area contributed by atoms with E-state index in [0.717, 1.165) is 66.5 Å². The average molecular weight is 422 g/mol. The van der Waals surface area contributed by atoms with Gasteiger partial charge in [0, 0.05) is 30.0 Å². The Morgan fingerprint density at radius 3 is 2.69 bits per heavy atom. The first-order chi connectivity index (χ1) is 15.8. The molecule has 2 N–H and O–H groups in total. The lowest BCUT2D eigenvalue weighted by atomic mass is 10.1. The van der Waals surface area contributed by atoms with Crippen molar-refractivity contribution < 1.29 is 0 Å². The number of nitrogens with zero attached hydrogens (tertiary/aromatic N) is 5. The van der Waals surface area contributed by atoms with E-state index in [-0.39, 0.29) is 0 Å². The number of piperidine rings is 1. The van der Waals surface area contributed by atoms with Gasteiger partial charge in [0.15, 0.2) is 5.82 Å². The minimum absolute atomic E-state index is 0.510. The molecule has 4 aromatic rings. The summed E-state index contributed by atoms with van der Waals surface area (Å²) in [4.78, 5) is 0. The first-order valence-corrected chi connectivity index (χ1v) is 11.0. The Balaban J connectivity index is 1.39. The van der Waals surface area contributed by atoms with Crippen LogP contribution in [0.1, 0.15) is 24.0 Å². The van der Waals surface area contributed by atoms with Gasteiger partial charge in [-0.05, 0) is 73.5 Å². The van der Waals surface area contributed by atoms with Crippen LogP contribution in [0.2, 0.25) is 0 Å². The molecule has 2 aromatic carbocycles. The lowest BCUT2D eigenvalue weighted by Gasteiger charge is -2.25. The van der Waals surface area contributed by atoms with Gasteiger partial charge in [-0.2, -0.15) is 5.26 Å². The summed E-state index contributed by atoms with van der Waals surface area (Å²) in [5.74, 6) is 0.836. The highest BCUT2D eigenvalue weighted by Crippen LogP contribution is 2.34. The lowest BCUT2D eigenvalue weighted by Crippen LogP contribution is -2.35. The number of anilines is 1. The molecule has 1 saturated heterocycles. The van der Waals surface area contributed by atoms with E-state index in [9.17, 15) is 0 Å². The van der Waals surface area contributed by atoms with Crippen molar-refractivity contribution >= 4 is 5.69 Å². The molecule has 4 heterocycles. The van der Waals surface area contributed by atoms with Crippen molar-refractivity contribution in [1.29, 1.82) is 5.26 Å². The normalized spacial score (nSPS) is 15.2. The Bertz CT molecular complexity index is 1320. The monoisotopic (exact) mass is 421 g/mol. The topological polar surface area (TPSA) is 83.5 Å². The van der Waals surface area contributed by atoms with Gasteiger partial charge >= 0.3 is 0 Å². The van der Waals surface area contributed by atoms with Crippen LogP contribution in [0.4, 0.5) is 5.69 Å². The van der Waals surface area contributed by atoms with E-state index in [1.165, 1.54) is 5.56 Å². The van der Waals surface area contributed by atoms with E-state index in [0.29, 0.717) is 11.6 Å². The predicted octanol–water partition coefficient (Wildman–Crippen LogP) is 3.80. The molecule has 0 atom stereocenters. The smallest absolute Gasteiger partial charge is 0.185 e. The highest BCUT2D eigenvalue weighted by molar-refractivity contribution is 5.72. The second kappa shape index (κ2) is 7.66. The molecule has 0 aliphatic carbocycles. The Hall–Kier alpha value is -3.89. The van der Waals surface area contributed by atoms with Crippen molar-refractivity contribution in [3.8, 4) is 34.4 Å². The van der Waals surface area contributed by atoms with Gasteiger partial charge in [-0.25, -0.2) is 0 Å². The molecule has 158 valence electrons. The number of hydrogen-bond donors (Lipinski definition) is 2. The van der Waals surface area contributed by atoms with Gasteiger partial charge in [0.05, 0.1) is 23.0 Å². The van der Waals surface area contributed by atoms with Crippen molar-refractivity contribution in [1.82, 2.24) is 24.6 Å². The van der Waals surface area contributed by atoms with Gasteiger partial charge in [-0.15, -0.1) is 10.2 Å². The summed E-state index contributed by atoms with van der Waals surface area (Å²) >= 11 is 0. The molecule has 0 amide bonds. The first-order valence-electron chi connectivity index (χ1n) is 11.0. The van der Waals surface area contributed by atoms with Crippen LogP contribution >= 0.6 is 0 Å². The summed E-state index contributed by atoms with van der Waals surface area (Å²) in [7, 11) is 0. The van der Waals surface area contributed by atoms with Crippen molar-refractivity contribution in [2.45, 2.75) is 25.4 Å². The number of aromatic nitrogens is 4. The molecule has 0 radical (unpaired) electrons. The molecule has 32 heavy (non-hydrogen) atoms. The van der Waals surface area contributed by atoms with Crippen LogP contribution in [0.5, 0.6) is 0 Å². The Morgan fingerprint density at radius 1 is 1.03 bits per heavy atom. The maximum Gasteiger partial charge on any atom is 0.185 e. The van der Waals surface area contributed by atoms with Crippen LogP contribution in [0.3, 0.4) is 0 Å². The third kappa shape index (κ3) is 3.26. The van der Waals surface area contributed by atoms with Gasteiger partial charge in [0.25, 0.3) is 0 Å². The number of fused-ring (bicyclic) bond motifs is 5. The Kier molecular flexibility index (Phi) is 4.51. The lowest BCUT2D eigenvalue weighted by molar-refractivity contribution is 0.479. The van der Waals surface area contributed by atoms with Gasteiger partial charge in [0.1, 0.15) is 6.33 Å². The van der Waals surface area contributed by atoms with E-state index >= 15 is 0 Å². The number of nitrogens with one attached hydrogen (secondary N) is 2. The van der Waals surface area contributed by atoms with Crippen LogP contribution in [-0.2, 0) is 6.54 Å². The van der Waals surface area contributed by atoms with Crippen molar-refractivity contribution in [3.63, 3.8) is 0 Å². The zero-order chi connectivity index (χ0) is 21.5. The molecule has 2 aliphatic heterocycles. The molecule has 6 rings (SSSR count). The summed E-state index contributed by atoms with van der Waals surface area (Å²) in [5, 5.41) is 24.9. The highest BCUT2D eigenvalue weighted by Gasteiger charge is 2.22. The van der Waals surface area contributed by atoms with E-state index < -0.39 is 0 Å². The number of hydrogen-bond acceptors (Lipinski definition) is 5. The van der Waals surface area contributed by atoms with Gasteiger partial charge in [-0.1, -0.05) is 12.1 Å². The van der Waals surface area contributed by atoms with Gasteiger partial charge in [-0.3, -0.25) is 4.57 Å². The molecule has 1 fully saturated rings. The SMILES string of the molecule is N#Cc1ccc(-c2cc3n(c2)Cc2cc(NC4CCNCC4)ccc2-n2cnnc2-3)cc1. The molecule has 7 heteroatoms. The zero-order valence-corrected chi connectivity index (χ0v) is 17.6. The molecular weight excluding hydrogens is 398 g/mol. The maximum atomic E-state index is 9.09. The molecule has 2 aromatic heterocycles. The van der Waals surface area contributed by atoms with E-state index in [2.05, 4.69) is 66.5 Å². The summed E-state index contributed by atoms with van der Waals surface area (Å²) in [6.45, 7) is 2.89. The summed E-state index contributed by atoms with van der Waals surface area (Å²) < 4.78 is 4.32. The van der Waals surface area contributed by atoms with Crippen LogP contribution < -0.4 is 10.6 Å². The van der Waals surface area contributed by atoms with Gasteiger partial charge in [0.2, 0.25) is 0 Å². The first kappa shape index (κ1) is 18.8. The van der Waals surface area contributed by atoms with Gasteiger partial charge < -0.3 is 15.2 Å². The number of nitriles is 1. The largest absolute Gasteiger partial charge is 0.382 e. The zero-order valence-electron chi connectivity index (χ0n) is 17.6. The van der Waals surface area contributed by atoms with Crippen molar-refractivity contribution in [3.05, 3.63) is 72.2 Å². The minimum atomic E-state index is 0.510. The highest BCUT2D eigenvalue weighted by atomic mass is 15.3. The summed E-state index contributed by atoms with van der Waals surface area (Å²) in [5.41, 5.74) is 7.38. The third-order valence-electron chi connectivity index (χ3n) is 6.41. The van der Waals surface area contributed by atoms with Crippen molar-refractivity contribution in [2.75, 3.05) is 18.4 Å². The van der Waals surface area contributed by atoms with E-state index in [1.807, 2.05) is 24.3 Å². The van der Waals surface area contributed by atoms with Crippen LogP contribution in [0.15, 0.2) is 61.1 Å². The molecule has 0 unspecified atom stereocenters. The fraction of sp³-hybridized carbons (Fsp3) is 0.240.